The van der Waals surface area contributed by atoms with Crippen molar-refractivity contribution in [2.24, 2.45) is 0 Å². The number of hydrogen-bond acceptors (Lipinski definition) is 4. The Labute approximate surface area is 102 Å². The second-order valence-electron chi connectivity index (χ2n) is 3.24. The van der Waals surface area contributed by atoms with Crippen LogP contribution in [-0.4, -0.2) is 20.8 Å². The molecule has 0 unspecified atom stereocenters. The molecule has 0 fully saturated rings. The van der Waals surface area contributed by atoms with Crippen LogP contribution in [0, 0.1) is 0 Å². The molecule has 0 radical (unpaired) electrons. The lowest BCUT2D eigenvalue weighted by Crippen LogP contribution is -2.17. The van der Waals surface area contributed by atoms with Crippen molar-refractivity contribution in [3.63, 3.8) is 0 Å². The molecule has 1 aliphatic heterocycles. The molecule has 0 aliphatic carbocycles. The zero-order valence-corrected chi connectivity index (χ0v) is 10.2. The maximum atomic E-state index is 11.5. The molecule has 0 saturated heterocycles. The lowest BCUT2D eigenvalue weighted by Gasteiger charge is -2.18. The number of rotatable bonds is 1. The van der Waals surface area contributed by atoms with Crippen LogP contribution in [0.5, 0.6) is 5.75 Å². The van der Waals surface area contributed by atoms with E-state index < -0.39 is 9.05 Å². The number of benzene rings is 1. The molecule has 16 heavy (non-hydrogen) atoms. The summed E-state index contributed by atoms with van der Waals surface area (Å²) in [5.74, 6) is -0.207. The third-order valence-electron chi connectivity index (χ3n) is 2.16. The summed E-state index contributed by atoms with van der Waals surface area (Å²) in [6, 6.07) is 2.55. The van der Waals surface area contributed by atoms with Crippen molar-refractivity contribution in [2.45, 2.75) is 11.3 Å². The average Bonchev–Trinajstić information content (AvgIpc) is 2.17. The van der Waals surface area contributed by atoms with E-state index in [0.717, 1.165) is 0 Å². The average molecular weight is 281 g/mol. The van der Waals surface area contributed by atoms with Gasteiger partial charge in [-0.2, -0.15) is 0 Å². The first-order chi connectivity index (χ1) is 7.39. The lowest BCUT2D eigenvalue weighted by molar-refractivity contribution is 0.0931. The number of carbonyl (C=O) groups is 1. The van der Waals surface area contributed by atoms with Gasteiger partial charge in [-0.25, -0.2) is 8.42 Å². The van der Waals surface area contributed by atoms with Gasteiger partial charge in [0.25, 0.3) is 9.05 Å². The van der Waals surface area contributed by atoms with Crippen LogP contribution in [0.3, 0.4) is 0 Å². The third-order valence-corrected chi connectivity index (χ3v) is 3.70. The van der Waals surface area contributed by atoms with E-state index in [-0.39, 0.29) is 40.0 Å². The molecule has 7 heteroatoms. The van der Waals surface area contributed by atoms with Gasteiger partial charge in [0.15, 0.2) is 5.78 Å². The van der Waals surface area contributed by atoms with Gasteiger partial charge in [-0.05, 0) is 12.1 Å². The van der Waals surface area contributed by atoms with E-state index in [9.17, 15) is 13.2 Å². The van der Waals surface area contributed by atoms with Crippen molar-refractivity contribution in [2.75, 3.05) is 6.61 Å². The number of ketones is 1. The first kappa shape index (κ1) is 11.7. The Balaban J connectivity index is 2.77. The summed E-state index contributed by atoms with van der Waals surface area (Å²) in [7, 11) is 1.26. The number of hydrogen-bond donors (Lipinski definition) is 0. The van der Waals surface area contributed by atoms with E-state index in [1.54, 1.807) is 0 Å². The fourth-order valence-electron chi connectivity index (χ4n) is 1.49. The zero-order valence-electron chi connectivity index (χ0n) is 7.87. The summed E-state index contributed by atoms with van der Waals surface area (Å²) in [6.07, 6.45) is 0.203. The summed E-state index contributed by atoms with van der Waals surface area (Å²) < 4.78 is 27.7. The molecule has 0 atom stereocenters. The van der Waals surface area contributed by atoms with Crippen LogP contribution in [0.15, 0.2) is 17.0 Å². The minimum Gasteiger partial charge on any atom is -0.491 e. The maximum absolute atomic E-state index is 11.5. The molecule has 1 aliphatic rings. The van der Waals surface area contributed by atoms with Gasteiger partial charge in [-0.3, -0.25) is 4.79 Å². The van der Waals surface area contributed by atoms with Crippen LogP contribution in [0.4, 0.5) is 0 Å². The van der Waals surface area contributed by atoms with Crippen molar-refractivity contribution >= 4 is 37.1 Å². The largest absolute Gasteiger partial charge is 0.491 e. The highest BCUT2D eigenvalue weighted by Crippen LogP contribution is 2.36. The van der Waals surface area contributed by atoms with Crippen molar-refractivity contribution < 1.29 is 17.9 Å². The second kappa shape index (κ2) is 3.91. The molecule has 1 aromatic rings. The molecular formula is C9H6Cl2O4S. The summed E-state index contributed by atoms with van der Waals surface area (Å²) in [5, 5.41) is 0.136. The normalized spacial score (nSPS) is 15.5. The van der Waals surface area contributed by atoms with Gasteiger partial charge in [0.05, 0.1) is 12.2 Å². The number of fused-ring (bicyclic) bond motifs is 1. The Morgan fingerprint density at radius 3 is 2.62 bits per heavy atom. The van der Waals surface area contributed by atoms with Crippen LogP contribution in [0.1, 0.15) is 16.8 Å². The summed E-state index contributed by atoms with van der Waals surface area (Å²) >= 11 is 5.72. The van der Waals surface area contributed by atoms with Gasteiger partial charge in [0.2, 0.25) is 0 Å². The minimum atomic E-state index is -3.98. The SMILES string of the molecule is O=C1CCOc2c1cc(Cl)cc2S(=O)(=O)Cl. The minimum absolute atomic E-state index is 0.00403. The van der Waals surface area contributed by atoms with Crippen molar-refractivity contribution in [3.05, 3.63) is 22.7 Å². The van der Waals surface area contributed by atoms with Crippen LogP contribution in [-0.2, 0) is 9.05 Å². The predicted octanol–water partition coefficient (Wildman–Crippen LogP) is 2.23. The molecule has 1 heterocycles. The van der Waals surface area contributed by atoms with Gasteiger partial charge >= 0.3 is 0 Å². The second-order valence-corrected chi connectivity index (χ2v) is 6.21. The van der Waals surface area contributed by atoms with Crippen LogP contribution >= 0.6 is 22.3 Å². The Morgan fingerprint density at radius 2 is 2.00 bits per heavy atom. The molecule has 0 bridgehead atoms. The highest BCUT2D eigenvalue weighted by Gasteiger charge is 2.27. The summed E-state index contributed by atoms with van der Waals surface area (Å²) in [4.78, 5) is 11.3. The van der Waals surface area contributed by atoms with E-state index in [2.05, 4.69) is 0 Å². The van der Waals surface area contributed by atoms with Gasteiger partial charge in [0, 0.05) is 22.1 Å². The van der Waals surface area contributed by atoms with Crippen LogP contribution in [0.25, 0.3) is 0 Å². The van der Waals surface area contributed by atoms with Crippen LogP contribution in [0.2, 0.25) is 5.02 Å². The maximum Gasteiger partial charge on any atom is 0.265 e. The highest BCUT2D eigenvalue weighted by molar-refractivity contribution is 8.13. The number of carbonyl (C=O) groups excluding carboxylic acids is 1. The van der Waals surface area contributed by atoms with E-state index >= 15 is 0 Å². The van der Waals surface area contributed by atoms with Gasteiger partial charge < -0.3 is 4.74 Å². The third kappa shape index (κ3) is 2.03. The molecule has 1 aromatic carbocycles. The van der Waals surface area contributed by atoms with E-state index in [0.29, 0.717) is 0 Å². The molecule has 86 valence electrons. The van der Waals surface area contributed by atoms with Crippen molar-refractivity contribution in [1.29, 1.82) is 0 Å². The summed E-state index contributed by atoms with van der Waals surface area (Å²) in [5.41, 5.74) is 0.165. The first-order valence-corrected chi connectivity index (χ1v) is 7.02. The molecular weight excluding hydrogens is 275 g/mol. The molecule has 0 aromatic heterocycles. The predicted molar refractivity (Wildman–Crippen MR) is 58.9 cm³/mol. The topological polar surface area (TPSA) is 60.4 Å². The Kier molecular flexibility index (Phi) is 2.86. The van der Waals surface area contributed by atoms with Crippen LogP contribution < -0.4 is 4.74 Å². The van der Waals surface area contributed by atoms with Gasteiger partial charge in [-0.1, -0.05) is 11.6 Å². The molecule has 0 saturated carbocycles. The molecule has 4 nitrogen and oxygen atoms in total. The van der Waals surface area contributed by atoms with Gasteiger partial charge in [-0.15, -0.1) is 0 Å². The Hall–Kier alpha value is -0.780. The molecule has 0 spiro atoms. The molecule has 0 N–H and O–H groups in total. The zero-order chi connectivity index (χ0) is 11.9. The van der Waals surface area contributed by atoms with Crippen molar-refractivity contribution in [3.8, 4) is 5.75 Å². The Bertz CT molecular complexity index is 565. The highest BCUT2D eigenvalue weighted by atomic mass is 35.7. The standard InChI is InChI=1S/C9H6Cl2O4S/c10-5-3-6-7(12)1-2-15-9(6)8(4-5)16(11,13)14/h3-4H,1-2H2. The van der Waals surface area contributed by atoms with Gasteiger partial charge in [0.1, 0.15) is 10.6 Å². The lowest BCUT2D eigenvalue weighted by atomic mass is 10.1. The van der Waals surface area contributed by atoms with E-state index in [4.69, 9.17) is 27.0 Å². The number of halogens is 2. The Morgan fingerprint density at radius 1 is 1.31 bits per heavy atom. The van der Waals surface area contributed by atoms with E-state index in [1.807, 2.05) is 0 Å². The van der Waals surface area contributed by atoms with E-state index in [1.165, 1.54) is 12.1 Å². The first-order valence-electron chi connectivity index (χ1n) is 4.34. The quantitative estimate of drug-likeness (QED) is 0.741. The fraction of sp³-hybridized carbons (Fsp3) is 0.222. The summed E-state index contributed by atoms with van der Waals surface area (Å²) in [6.45, 7) is 0.146. The van der Waals surface area contributed by atoms with Crippen molar-refractivity contribution in [1.82, 2.24) is 0 Å². The molecule has 2 rings (SSSR count). The smallest absolute Gasteiger partial charge is 0.265 e. The number of ether oxygens (including phenoxy) is 1. The number of Topliss-reactive ketones (excluding diaryl/α,β-unsaturated/α-hetero) is 1. The monoisotopic (exact) mass is 280 g/mol. The fourth-order valence-corrected chi connectivity index (χ4v) is 2.77. The molecule has 0 amide bonds.